The number of carbonyl (C=O) groups is 1. The first-order chi connectivity index (χ1) is 11.3. The highest BCUT2D eigenvalue weighted by Gasteiger charge is 2.14. The second-order valence-corrected chi connectivity index (χ2v) is 6.88. The fourth-order valence-corrected chi connectivity index (χ4v) is 3.78. The molecule has 2 heterocycles. The number of thiophene rings is 1. The van der Waals surface area contributed by atoms with Gasteiger partial charge in [-0.05, 0) is 53.8 Å². The number of nitrogens with one attached hydrogen (secondary N) is 1. The topological polar surface area (TPSA) is 32.3 Å². The molecule has 0 saturated carbocycles. The Balaban J connectivity index is 1.63. The summed E-state index contributed by atoms with van der Waals surface area (Å²) in [4.78, 5) is 14.7. The fraction of sp³-hybridized carbons (Fsp3) is 0.421. The molecule has 0 radical (unpaired) electrons. The standard InChI is InChI=1S/C19H24N2OS/c22-19(10-9-16-11-14-23-15-16)20-17-7-3-4-8-18(17)21-12-5-1-2-6-13-21/h3-4,7-8,11,14-15H,1-2,5-6,9-10,12-13H2,(H,20,22). The average Bonchev–Trinajstić information content (AvgIpc) is 2.95. The van der Waals surface area contributed by atoms with Crippen molar-refractivity contribution in [2.24, 2.45) is 0 Å². The molecule has 122 valence electrons. The number of carbonyl (C=O) groups excluding carboxylic acids is 1. The van der Waals surface area contributed by atoms with E-state index in [2.05, 4.69) is 39.2 Å². The van der Waals surface area contributed by atoms with Crippen molar-refractivity contribution in [1.82, 2.24) is 0 Å². The molecule has 1 aliphatic heterocycles. The summed E-state index contributed by atoms with van der Waals surface area (Å²) >= 11 is 1.68. The summed E-state index contributed by atoms with van der Waals surface area (Å²) in [6.07, 6.45) is 6.44. The number of nitrogens with zero attached hydrogens (tertiary/aromatic N) is 1. The van der Waals surface area contributed by atoms with Gasteiger partial charge in [0.1, 0.15) is 0 Å². The lowest BCUT2D eigenvalue weighted by Gasteiger charge is -2.25. The lowest BCUT2D eigenvalue weighted by molar-refractivity contribution is -0.116. The van der Waals surface area contributed by atoms with E-state index in [-0.39, 0.29) is 5.91 Å². The Morgan fingerprint density at radius 1 is 1.09 bits per heavy atom. The van der Waals surface area contributed by atoms with Crippen molar-refractivity contribution in [3.63, 3.8) is 0 Å². The Morgan fingerprint density at radius 2 is 1.87 bits per heavy atom. The summed E-state index contributed by atoms with van der Waals surface area (Å²) in [5.74, 6) is 0.0958. The third-order valence-electron chi connectivity index (χ3n) is 4.35. The number of hydrogen-bond acceptors (Lipinski definition) is 3. The Bertz CT molecular complexity index is 616. The molecule has 1 aliphatic rings. The van der Waals surface area contributed by atoms with Crippen LogP contribution in [0.25, 0.3) is 0 Å². The Morgan fingerprint density at radius 3 is 2.61 bits per heavy atom. The van der Waals surface area contributed by atoms with Crippen molar-refractivity contribution >= 4 is 28.6 Å². The van der Waals surface area contributed by atoms with E-state index in [1.54, 1.807) is 11.3 Å². The maximum Gasteiger partial charge on any atom is 0.224 e. The molecule has 1 aromatic carbocycles. The Kier molecular flexibility index (Phi) is 5.70. The number of para-hydroxylation sites is 2. The van der Waals surface area contributed by atoms with Crippen LogP contribution in [0.15, 0.2) is 41.1 Å². The van der Waals surface area contributed by atoms with E-state index in [9.17, 15) is 4.79 Å². The molecular formula is C19H24N2OS. The molecule has 1 aromatic heterocycles. The van der Waals surface area contributed by atoms with Gasteiger partial charge < -0.3 is 10.2 Å². The van der Waals surface area contributed by atoms with Gasteiger partial charge in [0.05, 0.1) is 11.4 Å². The first-order valence-corrected chi connectivity index (χ1v) is 9.42. The normalized spacial score (nSPS) is 15.2. The van der Waals surface area contributed by atoms with Gasteiger partial charge in [0.2, 0.25) is 5.91 Å². The van der Waals surface area contributed by atoms with Gasteiger partial charge in [0.25, 0.3) is 0 Å². The van der Waals surface area contributed by atoms with Crippen molar-refractivity contribution in [1.29, 1.82) is 0 Å². The van der Waals surface area contributed by atoms with E-state index >= 15 is 0 Å². The predicted molar refractivity (Wildman–Crippen MR) is 98.4 cm³/mol. The summed E-state index contributed by atoms with van der Waals surface area (Å²) in [6, 6.07) is 10.3. The molecule has 1 fully saturated rings. The van der Waals surface area contributed by atoms with Crippen LogP contribution in [0.1, 0.15) is 37.7 Å². The highest BCUT2D eigenvalue weighted by Crippen LogP contribution is 2.28. The first-order valence-electron chi connectivity index (χ1n) is 8.48. The fourth-order valence-electron chi connectivity index (χ4n) is 3.07. The van der Waals surface area contributed by atoms with Crippen LogP contribution < -0.4 is 10.2 Å². The van der Waals surface area contributed by atoms with Crippen LogP contribution >= 0.6 is 11.3 Å². The lowest BCUT2D eigenvalue weighted by atomic mass is 10.1. The van der Waals surface area contributed by atoms with E-state index in [1.807, 2.05) is 12.1 Å². The van der Waals surface area contributed by atoms with Gasteiger partial charge in [-0.3, -0.25) is 4.79 Å². The van der Waals surface area contributed by atoms with Crippen LogP contribution in [-0.4, -0.2) is 19.0 Å². The van der Waals surface area contributed by atoms with Gasteiger partial charge >= 0.3 is 0 Å². The quantitative estimate of drug-likeness (QED) is 0.863. The zero-order chi connectivity index (χ0) is 15.9. The third-order valence-corrected chi connectivity index (χ3v) is 5.08. The van der Waals surface area contributed by atoms with E-state index < -0.39 is 0 Å². The van der Waals surface area contributed by atoms with E-state index in [0.29, 0.717) is 6.42 Å². The van der Waals surface area contributed by atoms with Crippen LogP contribution in [0, 0.1) is 0 Å². The maximum atomic E-state index is 12.3. The number of amides is 1. The molecule has 1 N–H and O–H groups in total. The molecule has 0 spiro atoms. The molecule has 0 aliphatic carbocycles. The predicted octanol–water partition coefficient (Wildman–Crippen LogP) is 4.70. The number of anilines is 2. The summed E-state index contributed by atoms with van der Waals surface area (Å²) in [5.41, 5.74) is 3.36. The van der Waals surface area contributed by atoms with Crippen molar-refractivity contribution in [3.05, 3.63) is 46.7 Å². The monoisotopic (exact) mass is 328 g/mol. The van der Waals surface area contributed by atoms with Crippen molar-refractivity contribution in [2.75, 3.05) is 23.3 Å². The summed E-state index contributed by atoms with van der Waals surface area (Å²) in [6.45, 7) is 2.17. The molecule has 0 bridgehead atoms. The van der Waals surface area contributed by atoms with Crippen LogP contribution in [0.2, 0.25) is 0 Å². The summed E-state index contributed by atoms with van der Waals surface area (Å²) in [7, 11) is 0. The lowest BCUT2D eigenvalue weighted by Crippen LogP contribution is -2.25. The van der Waals surface area contributed by atoms with Gasteiger partial charge in [-0.15, -0.1) is 0 Å². The second kappa shape index (κ2) is 8.16. The van der Waals surface area contributed by atoms with Crippen molar-refractivity contribution in [3.8, 4) is 0 Å². The Labute approximate surface area is 142 Å². The molecule has 3 rings (SSSR count). The molecule has 3 nitrogen and oxygen atoms in total. The van der Waals surface area contributed by atoms with Gasteiger partial charge in [-0.1, -0.05) is 25.0 Å². The zero-order valence-electron chi connectivity index (χ0n) is 13.5. The van der Waals surface area contributed by atoms with Gasteiger partial charge in [0.15, 0.2) is 0 Å². The van der Waals surface area contributed by atoms with Crippen LogP contribution in [0.4, 0.5) is 11.4 Å². The SMILES string of the molecule is O=C(CCc1ccsc1)Nc1ccccc1N1CCCCCC1. The average molecular weight is 328 g/mol. The third kappa shape index (κ3) is 4.58. The van der Waals surface area contributed by atoms with Crippen LogP contribution in [0.5, 0.6) is 0 Å². The largest absolute Gasteiger partial charge is 0.370 e. The van der Waals surface area contributed by atoms with Crippen LogP contribution in [-0.2, 0) is 11.2 Å². The Hall–Kier alpha value is -1.81. The summed E-state index contributed by atoms with van der Waals surface area (Å²) < 4.78 is 0. The smallest absolute Gasteiger partial charge is 0.224 e. The first kappa shape index (κ1) is 16.1. The molecule has 0 atom stereocenters. The minimum atomic E-state index is 0.0958. The highest BCUT2D eigenvalue weighted by molar-refractivity contribution is 7.07. The van der Waals surface area contributed by atoms with Crippen molar-refractivity contribution < 1.29 is 4.79 Å². The zero-order valence-corrected chi connectivity index (χ0v) is 14.3. The minimum Gasteiger partial charge on any atom is -0.370 e. The second-order valence-electron chi connectivity index (χ2n) is 6.10. The molecule has 1 amide bonds. The molecular weight excluding hydrogens is 304 g/mol. The molecule has 1 saturated heterocycles. The molecule has 2 aromatic rings. The summed E-state index contributed by atoms with van der Waals surface area (Å²) in [5, 5.41) is 7.28. The van der Waals surface area contributed by atoms with E-state index in [4.69, 9.17) is 0 Å². The van der Waals surface area contributed by atoms with E-state index in [0.717, 1.165) is 25.2 Å². The number of hydrogen-bond donors (Lipinski definition) is 1. The van der Waals surface area contributed by atoms with E-state index in [1.165, 1.54) is 36.9 Å². The van der Waals surface area contributed by atoms with Gasteiger partial charge in [0, 0.05) is 19.5 Å². The van der Waals surface area contributed by atoms with Crippen LogP contribution in [0.3, 0.4) is 0 Å². The highest BCUT2D eigenvalue weighted by atomic mass is 32.1. The number of rotatable bonds is 5. The van der Waals surface area contributed by atoms with Gasteiger partial charge in [-0.2, -0.15) is 11.3 Å². The van der Waals surface area contributed by atoms with Gasteiger partial charge in [-0.25, -0.2) is 0 Å². The minimum absolute atomic E-state index is 0.0958. The van der Waals surface area contributed by atoms with Crippen molar-refractivity contribution in [2.45, 2.75) is 38.5 Å². The maximum absolute atomic E-state index is 12.3. The molecule has 0 unspecified atom stereocenters. The molecule has 23 heavy (non-hydrogen) atoms. The molecule has 4 heteroatoms. The number of aryl methyl sites for hydroxylation is 1. The number of benzene rings is 1.